The molecule has 0 saturated heterocycles. The van der Waals surface area contributed by atoms with Crippen LogP contribution >= 0.6 is 23.4 Å². The normalized spacial score (nSPS) is 12.8. The molecule has 0 fully saturated rings. The van der Waals surface area contributed by atoms with Gasteiger partial charge in [0.2, 0.25) is 0 Å². The molecule has 0 bridgehead atoms. The van der Waals surface area contributed by atoms with Gasteiger partial charge in [-0.2, -0.15) is 0 Å². The Morgan fingerprint density at radius 2 is 2.33 bits per heavy atom. The zero-order valence-electron chi connectivity index (χ0n) is 9.94. The first-order chi connectivity index (χ1) is 8.60. The van der Waals surface area contributed by atoms with Crippen molar-refractivity contribution in [3.8, 4) is 0 Å². The number of thioether (sulfide) groups is 1. The molecule has 0 spiro atoms. The highest BCUT2D eigenvalue weighted by molar-refractivity contribution is 7.99. The number of hydrogen-bond acceptors (Lipinski definition) is 4. The van der Waals surface area contributed by atoms with Gasteiger partial charge >= 0.3 is 0 Å². The van der Waals surface area contributed by atoms with Crippen LogP contribution in [-0.2, 0) is 5.75 Å². The molecule has 3 N–H and O–H groups in total. The number of fused-ring (bicyclic) bond motifs is 1. The second-order valence-corrected chi connectivity index (χ2v) is 5.89. The lowest BCUT2D eigenvalue weighted by molar-refractivity contribution is 0.944. The number of H-pyrrole nitrogens is 1. The highest BCUT2D eigenvalue weighted by atomic mass is 35.5. The predicted molar refractivity (Wildman–Crippen MR) is 77.2 cm³/mol. The summed E-state index contributed by atoms with van der Waals surface area (Å²) in [6.45, 7) is 2.65. The minimum absolute atomic E-state index is 0.154. The third-order valence-electron chi connectivity index (χ3n) is 2.55. The van der Waals surface area contributed by atoms with E-state index in [4.69, 9.17) is 17.3 Å². The lowest BCUT2D eigenvalue weighted by Crippen LogP contribution is -2.15. The molecule has 1 aromatic heterocycles. The van der Waals surface area contributed by atoms with Crippen LogP contribution in [-0.4, -0.2) is 21.8 Å². The van der Waals surface area contributed by atoms with E-state index < -0.39 is 0 Å². The monoisotopic (exact) mass is 283 g/mol. The SMILES string of the molecule is CC(CN)SCc1nc2ccc(Cl)cc2c(=O)[nH]1. The molecule has 2 aromatic rings. The summed E-state index contributed by atoms with van der Waals surface area (Å²) in [5.74, 6) is 1.31. The van der Waals surface area contributed by atoms with Crippen molar-refractivity contribution in [2.24, 2.45) is 5.73 Å². The minimum atomic E-state index is -0.154. The van der Waals surface area contributed by atoms with Crippen LogP contribution in [0.15, 0.2) is 23.0 Å². The number of aromatic amines is 1. The molecule has 4 nitrogen and oxygen atoms in total. The predicted octanol–water partition coefficient (Wildman–Crippen LogP) is 2.16. The zero-order valence-corrected chi connectivity index (χ0v) is 11.5. The molecule has 1 unspecified atom stereocenters. The molecule has 1 atom stereocenters. The van der Waals surface area contributed by atoms with Crippen LogP contribution in [0.1, 0.15) is 12.7 Å². The van der Waals surface area contributed by atoms with Crippen molar-refractivity contribution >= 4 is 34.3 Å². The van der Waals surface area contributed by atoms with E-state index in [-0.39, 0.29) is 5.56 Å². The summed E-state index contributed by atoms with van der Waals surface area (Å²) in [7, 11) is 0. The molecule has 0 saturated carbocycles. The van der Waals surface area contributed by atoms with E-state index in [1.165, 1.54) is 0 Å². The lowest BCUT2D eigenvalue weighted by Gasteiger charge is -2.07. The summed E-state index contributed by atoms with van der Waals surface area (Å²) in [4.78, 5) is 19.1. The Bertz CT molecular complexity index is 614. The average Bonchev–Trinajstić information content (AvgIpc) is 2.37. The fourth-order valence-corrected chi connectivity index (χ4v) is 2.40. The van der Waals surface area contributed by atoms with Crippen molar-refractivity contribution in [1.82, 2.24) is 9.97 Å². The number of nitrogens with zero attached hydrogens (tertiary/aromatic N) is 1. The van der Waals surface area contributed by atoms with Crippen molar-refractivity contribution in [2.45, 2.75) is 17.9 Å². The number of hydrogen-bond donors (Lipinski definition) is 2. The Labute approximate surface area is 114 Å². The standard InChI is InChI=1S/C12H14ClN3OS/c1-7(5-14)18-6-11-15-10-3-2-8(13)4-9(10)12(17)16-11/h2-4,7H,5-6,14H2,1H3,(H,15,16,17). The lowest BCUT2D eigenvalue weighted by atomic mass is 10.2. The summed E-state index contributed by atoms with van der Waals surface area (Å²) in [6, 6.07) is 5.12. The third-order valence-corrected chi connectivity index (χ3v) is 3.99. The summed E-state index contributed by atoms with van der Waals surface area (Å²) < 4.78 is 0. The Morgan fingerprint density at radius 1 is 1.56 bits per heavy atom. The van der Waals surface area contributed by atoms with E-state index in [9.17, 15) is 4.79 Å². The Morgan fingerprint density at radius 3 is 3.06 bits per heavy atom. The maximum atomic E-state index is 11.9. The van der Waals surface area contributed by atoms with E-state index in [1.807, 2.05) is 6.92 Å². The van der Waals surface area contributed by atoms with Crippen molar-refractivity contribution < 1.29 is 0 Å². The molecule has 0 amide bonds. The molecule has 18 heavy (non-hydrogen) atoms. The number of nitrogens with two attached hydrogens (primary N) is 1. The van der Waals surface area contributed by atoms with Gasteiger partial charge in [0.1, 0.15) is 5.82 Å². The number of halogens is 1. The first kappa shape index (κ1) is 13.4. The Hall–Kier alpha value is -1.04. The van der Waals surface area contributed by atoms with Crippen molar-refractivity contribution in [2.75, 3.05) is 6.54 Å². The number of aromatic nitrogens is 2. The maximum Gasteiger partial charge on any atom is 0.258 e. The van der Waals surface area contributed by atoms with Crippen LogP contribution in [0.5, 0.6) is 0 Å². The van der Waals surface area contributed by atoms with Gasteiger partial charge in [0.25, 0.3) is 5.56 Å². The van der Waals surface area contributed by atoms with Gasteiger partial charge in [-0.25, -0.2) is 4.98 Å². The minimum Gasteiger partial charge on any atom is -0.329 e. The Kier molecular flexibility index (Phi) is 4.27. The van der Waals surface area contributed by atoms with Crippen LogP contribution in [0, 0.1) is 0 Å². The van der Waals surface area contributed by atoms with Crippen LogP contribution in [0.3, 0.4) is 0 Å². The second-order valence-electron chi connectivity index (χ2n) is 4.03. The van der Waals surface area contributed by atoms with Gasteiger partial charge in [-0.3, -0.25) is 4.79 Å². The van der Waals surface area contributed by atoms with Crippen LogP contribution in [0.25, 0.3) is 10.9 Å². The van der Waals surface area contributed by atoms with E-state index in [0.717, 1.165) is 0 Å². The van der Waals surface area contributed by atoms with Crippen molar-refractivity contribution in [3.63, 3.8) is 0 Å². The number of rotatable bonds is 4. The molecule has 0 aliphatic heterocycles. The van der Waals surface area contributed by atoms with Crippen molar-refractivity contribution in [3.05, 3.63) is 39.4 Å². The van der Waals surface area contributed by atoms with Gasteiger partial charge in [0.15, 0.2) is 0 Å². The fourth-order valence-electron chi connectivity index (χ4n) is 1.52. The third kappa shape index (κ3) is 3.04. The highest BCUT2D eigenvalue weighted by Gasteiger charge is 2.06. The topological polar surface area (TPSA) is 71.8 Å². The number of benzene rings is 1. The highest BCUT2D eigenvalue weighted by Crippen LogP contribution is 2.17. The molecular formula is C12H14ClN3OS. The molecule has 0 aliphatic carbocycles. The smallest absolute Gasteiger partial charge is 0.258 e. The van der Waals surface area contributed by atoms with Gasteiger partial charge in [0, 0.05) is 16.8 Å². The van der Waals surface area contributed by atoms with Gasteiger partial charge in [-0.05, 0) is 18.2 Å². The quantitative estimate of drug-likeness (QED) is 0.902. The van der Waals surface area contributed by atoms with Crippen LogP contribution in [0.4, 0.5) is 0 Å². The zero-order chi connectivity index (χ0) is 13.1. The summed E-state index contributed by atoms with van der Waals surface area (Å²) in [6.07, 6.45) is 0. The van der Waals surface area contributed by atoms with Gasteiger partial charge in [0.05, 0.1) is 16.7 Å². The van der Waals surface area contributed by atoms with Gasteiger partial charge in [-0.15, -0.1) is 11.8 Å². The summed E-state index contributed by atoms with van der Waals surface area (Å²) in [5.41, 5.74) is 6.06. The summed E-state index contributed by atoms with van der Waals surface area (Å²) >= 11 is 7.52. The Balaban J connectivity index is 2.32. The molecule has 1 aromatic carbocycles. The molecule has 6 heteroatoms. The van der Waals surface area contributed by atoms with Gasteiger partial charge in [-0.1, -0.05) is 18.5 Å². The van der Waals surface area contributed by atoms with Crippen LogP contribution < -0.4 is 11.3 Å². The van der Waals surface area contributed by atoms with Crippen LogP contribution in [0.2, 0.25) is 5.02 Å². The molecule has 0 radical (unpaired) electrons. The first-order valence-electron chi connectivity index (χ1n) is 5.60. The number of nitrogens with one attached hydrogen (secondary N) is 1. The van der Waals surface area contributed by atoms with E-state index in [1.54, 1.807) is 30.0 Å². The fraction of sp³-hybridized carbons (Fsp3) is 0.333. The van der Waals surface area contributed by atoms with E-state index >= 15 is 0 Å². The molecular weight excluding hydrogens is 270 g/mol. The van der Waals surface area contributed by atoms with Gasteiger partial charge < -0.3 is 10.7 Å². The largest absolute Gasteiger partial charge is 0.329 e. The molecule has 1 heterocycles. The van der Waals surface area contributed by atoms with Crippen molar-refractivity contribution in [1.29, 1.82) is 0 Å². The second kappa shape index (κ2) is 5.73. The maximum absolute atomic E-state index is 11.9. The molecule has 2 rings (SSSR count). The first-order valence-corrected chi connectivity index (χ1v) is 7.03. The molecule has 0 aliphatic rings. The van der Waals surface area contributed by atoms with E-state index in [2.05, 4.69) is 9.97 Å². The average molecular weight is 284 g/mol. The summed E-state index contributed by atoms with van der Waals surface area (Å²) in [5, 5.41) is 1.40. The molecule has 96 valence electrons. The van der Waals surface area contributed by atoms with E-state index in [0.29, 0.717) is 39.3 Å².